The Kier molecular flexibility index (Phi) is 5.21. The third-order valence-corrected chi connectivity index (χ3v) is 5.22. The molecule has 0 saturated heterocycles. The zero-order valence-corrected chi connectivity index (χ0v) is 16.3. The Balaban J connectivity index is 1.79. The first-order valence-electron chi connectivity index (χ1n) is 8.79. The van der Waals surface area contributed by atoms with Crippen LogP contribution >= 0.6 is 23.2 Å². The Bertz CT molecular complexity index is 997. The van der Waals surface area contributed by atoms with Gasteiger partial charge in [0.25, 0.3) is 0 Å². The van der Waals surface area contributed by atoms with Gasteiger partial charge in [0, 0.05) is 30.1 Å². The first kappa shape index (κ1) is 19.1. The Morgan fingerprint density at radius 1 is 1.18 bits per heavy atom. The molecule has 2 aromatic heterocycles. The topological polar surface area (TPSA) is 69.6 Å². The monoisotopic (exact) mass is 423 g/mol. The van der Waals surface area contributed by atoms with E-state index in [1.165, 1.54) is 17.8 Å². The first-order valence-corrected chi connectivity index (χ1v) is 9.70. The summed E-state index contributed by atoms with van der Waals surface area (Å²) in [5.74, 6) is 0.860. The third kappa shape index (κ3) is 3.95. The van der Waals surface area contributed by atoms with Gasteiger partial charge in [0.15, 0.2) is 0 Å². The number of hydrogen-bond acceptors (Lipinski definition) is 4. The van der Waals surface area contributed by atoms with E-state index in [0.29, 0.717) is 39.9 Å². The molecule has 3 aromatic rings. The van der Waals surface area contributed by atoms with Crippen LogP contribution in [0.2, 0.25) is 5.15 Å². The minimum absolute atomic E-state index is 0.0390. The number of hydrogen-bond donors (Lipinski definition) is 1. The van der Waals surface area contributed by atoms with Crippen molar-refractivity contribution in [2.24, 2.45) is 0 Å². The number of nitrogen functional groups attached to an aromatic ring is 1. The molecule has 0 atom stereocenters. The van der Waals surface area contributed by atoms with E-state index in [0.717, 1.165) is 24.0 Å². The largest absolute Gasteiger partial charge is 0.368 e. The number of benzene rings is 1. The average Bonchev–Trinajstić information content (AvgIpc) is 3.40. The van der Waals surface area contributed by atoms with E-state index < -0.39 is 6.55 Å². The quantitative estimate of drug-likeness (QED) is 0.438. The fraction of sp³-hybridized carbons (Fsp3) is 0.316. The van der Waals surface area contributed by atoms with E-state index in [4.69, 9.17) is 28.9 Å². The van der Waals surface area contributed by atoms with Crippen LogP contribution in [0.5, 0.6) is 0 Å². The van der Waals surface area contributed by atoms with Crippen LogP contribution in [0.25, 0.3) is 11.4 Å². The summed E-state index contributed by atoms with van der Waals surface area (Å²) in [4.78, 5) is 7.94. The molecule has 4 rings (SSSR count). The van der Waals surface area contributed by atoms with Crippen LogP contribution in [0.3, 0.4) is 0 Å². The minimum Gasteiger partial charge on any atom is -0.368 e. The SMILES string of the molecule is Nc1nc(Cl)cc(-c2nn(C(F)F)cc2Cc2cc(CCl)ccc2C2CC2)n1. The van der Waals surface area contributed by atoms with Crippen LogP contribution in [0.4, 0.5) is 14.7 Å². The highest BCUT2D eigenvalue weighted by molar-refractivity contribution is 6.29. The molecule has 146 valence electrons. The number of anilines is 1. The molecular weight excluding hydrogens is 407 g/mol. The first-order chi connectivity index (χ1) is 13.4. The fourth-order valence-electron chi connectivity index (χ4n) is 3.32. The van der Waals surface area contributed by atoms with Gasteiger partial charge < -0.3 is 5.73 Å². The van der Waals surface area contributed by atoms with Crippen LogP contribution in [0, 0.1) is 0 Å². The van der Waals surface area contributed by atoms with Crippen LogP contribution in [0.1, 0.15) is 47.6 Å². The predicted octanol–water partition coefficient (Wildman–Crippen LogP) is 5.18. The summed E-state index contributed by atoms with van der Waals surface area (Å²) < 4.78 is 27.2. The van der Waals surface area contributed by atoms with E-state index in [1.54, 1.807) is 0 Å². The minimum atomic E-state index is -2.76. The standard InChI is InChI=1S/C19H17Cl2F2N5/c20-8-10-1-4-14(11-2-3-11)12(5-10)6-13-9-28(18(22)23)27-17(13)15-7-16(21)26-19(24)25-15/h1,4-5,7,9,11,18H,2-3,6,8H2,(H2,24,25,26). The lowest BCUT2D eigenvalue weighted by Gasteiger charge is -2.11. The van der Waals surface area contributed by atoms with Gasteiger partial charge in [-0.1, -0.05) is 29.8 Å². The van der Waals surface area contributed by atoms with E-state index >= 15 is 0 Å². The highest BCUT2D eigenvalue weighted by atomic mass is 35.5. The average molecular weight is 424 g/mol. The third-order valence-electron chi connectivity index (χ3n) is 4.72. The summed E-state index contributed by atoms with van der Waals surface area (Å²) in [6, 6.07) is 7.60. The summed E-state index contributed by atoms with van der Waals surface area (Å²) >= 11 is 12.0. The molecule has 2 N–H and O–H groups in total. The van der Waals surface area contributed by atoms with Crippen molar-refractivity contribution in [1.29, 1.82) is 0 Å². The van der Waals surface area contributed by atoms with Crippen molar-refractivity contribution < 1.29 is 8.78 Å². The fourth-order valence-corrected chi connectivity index (χ4v) is 3.68. The van der Waals surface area contributed by atoms with Crippen molar-refractivity contribution in [3.8, 4) is 11.4 Å². The van der Waals surface area contributed by atoms with Crippen molar-refractivity contribution in [3.05, 3.63) is 57.9 Å². The maximum absolute atomic E-state index is 13.3. The highest BCUT2D eigenvalue weighted by Crippen LogP contribution is 2.43. The molecule has 1 aromatic carbocycles. The molecule has 0 unspecified atom stereocenters. The summed E-state index contributed by atoms with van der Waals surface area (Å²) in [7, 11) is 0. The number of rotatable bonds is 6. The molecule has 2 heterocycles. The second-order valence-electron chi connectivity index (χ2n) is 6.81. The van der Waals surface area contributed by atoms with Crippen molar-refractivity contribution in [2.75, 3.05) is 5.73 Å². The van der Waals surface area contributed by atoms with Gasteiger partial charge in [-0.2, -0.15) is 13.9 Å². The van der Waals surface area contributed by atoms with Gasteiger partial charge in [0.2, 0.25) is 5.95 Å². The molecule has 0 bridgehead atoms. The van der Waals surface area contributed by atoms with Crippen molar-refractivity contribution in [3.63, 3.8) is 0 Å². The Hall–Kier alpha value is -2.25. The Morgan fingerprint density at radius 2 is 1.96 bits per heavy atom. The van der Waals surface area contributed by atoms with Crippen LogP contribution in [-0.4, -0.2) is 19.7 Å². The molecule has 1 saturated carbocycles. The van der Waals surface area contributed by atoms with Crippen LogP contribution < -0.4 is 5.73 Å². The van der Waals surface area contributed by atoms with E-state index in [-0.39, 0.29) is 11.1 Å². The second kappa shape index (κ2) is 7.64. The summed E-state index contributed by atoms with van der Waals surface area (Å²) in [6.45, 7) is -2.76. The number of alkyl halides is 3. The maximum atomic E-state index is 13.3. The molecule has 0 spiro atoms. The van der Waals surface area contributed by atoms with E-state index in [1.807, 2.05) is 12.1 Å². The molecule has 0 amide bonds. The van der Waals surface area contributed by atoms with Gasteiger partial charge in [-0.15, -0.1) is 11.6 Å². The number of nitrogens with zero attached hydrogens (tertiary/aromatic N) is 4. The molecule has 5 nitrogen and oxygen atoms in total. The van der Waals surface area contributed by atoms with Gasteiger partial charge in [-0.05, 0) is 35.4 Å². The van der Waals surface area contributed by atoms with Gasteiger partial charge in [0.05, 0.1) is 5.69 Å². The Morgan fingerprint density at radius 3 is 2.61 bits per heavy atom. The van der Waals surface area contributed by atoms with Crippen molar-refractivity contribution in [2.45, 2.75) is 37.6 Å². The zero-order chi connectivity index (χ0) is 19.8. The summed E-state index contributed by atoms with van der Waals surface area (Å²) in [5, 5.41) is 4.15. The van der Waals surface area contributed by atoms with E-state index in [2.05, 4.69) is 21.1 Å². The van der Waals surface area contributed by atoms with Crippen molar-refractivity contribution in [1.82, 2.24) is 19.7 Å². The molecule has 0 aliphatic heterocycles. The highest BCUT2D eigenvalue weighted by Gasteiger charge is 2.27. The molecule has 28 heavy (non-hydrogen) atoms. The molecule has 0 radical (unpaired) electrons. The predicted molar refractivity (Wildman–Crippen MR) is 105 cm³/mol. The zero-order valence-electron chi connectivity index (χ0n) is 14.7. The molecule has 1 aliphatic carbocycles. The van der Waals surface area contributed by atoms with Gasteiger partial charge in [-0.25, -0.2) is 14.6 Å². The van der Waals surface area contributed by atoms with Gasteiger partial charge in [-0.3, -0.25) is 0 Å². The Labute approximate surface area is 170 Å². The summed E-state index contributed by atoms with van der Waals surface area (Å²) in [5.41, 5.74) is 10.2. The second-order valence-corrected chi connectivity index (χ2v) is 7.47. The number of aromatic nitrogens is 4. The molecule has 9 heteroatoms. The number of halogens is 4. The molecule has 1 fully saturated rings. The molecular formula is C19H17Cl2F2N5. The normalized spacial score (nSPS) is 14.0. The lowest BCUT2D eigenvalue weighted by atomic mass is 9.95. The smallest absolute Gasteiger partial charge is 0.333 e. The lowest BCUT2D eigenvalue weighted by molar-refractivity contribution is 0.0567. The molecule has 1 aliphatic rings. The summed E-state index contributed by atoms with van der Waals surface area (Å²) in [6.07, 6.45) is 4.04. The van der Waals surface area contributed by atoms with Crippen LogP contribution in [0.15, 0.2) is 30.5 Å². The van der Waals surface area contributed by atoms with E-state index in [9.17, 15) is 8.78 Å². The van der Waals surface area contributed by atoms with Crippen LogP contribution in [-0.2, 0) is 12.3 Å². The lowest BCUT2D eigenvalue weighted by Crippen LogP contribution is -2.01. The maximum Gasteiger partial charge on any atom is 0.333 e. The van der Waals surface area contributed by atoms with Gasteiger partial charge >= 0.3 is 6.55 Å². The number of nitrogens with two attached hydrogens (primary N) is 1. The van der Waals surface area contributed by atoms with Crippen molar-refractivity contribution >= 4 is 29.2 Å². The van der Waals surface area contributed by atoms with Gasteiger partial charge in [0.1, 0.15) is 10.8 Å².